The van der Waals surface area contributed by atoms with E-state index in [4.69, 9.17) is 9.47 Å². The van der Waals surface area contributed by atoms with E-state index in [1.165, 1.54) is 10.6 Å². The van der Waals surface area contributed by atoms with Gasteiger partial charge >= 0.3 is 0 Å². The van der Waals surface area contributed by atoms with Gasteiger partial charge in [0.2, 0.25) is 0 Å². The van der Waals surface area contributed by atoms with Gasteiger partial charge in [-0.3, -0.25) is 0 Å². The van der Waals surface area contributed by atoms with Gasteiger partial charge < -0.3 is 14.8 Å². The topological polar surface area (TPSA) is 43.4 Å². The Balaban J connectivity index is 1.58. The summed E-state index contributed by atoms with van der Waals surface area (Å²) in [7, 11) is 0. The number of hydrogen-bond donors (Lipinski definition) is 1. The van der Waals surface area contributed by atoms with Crippen LogP contribution in [0.15, 0.2) is 28.2 Å². The second-order valence-electron chi connectivity index (χ2n) is 4.81. The van der Waals surface area contributed by atoms with E-state index in [0.717, 1.165) is 41.9 Å². The predicted molar refractivity (Wildman–Crippen MR) is 87.3 cm³/mol. The summed E-state index contributed by atoms with van der Waals surface area (Å²) in [5.41, 5.74) is 1.19. The molecule has 4 nitrogen and oxygen atoms in total. The summed E-state index contributed by atoms with van der Waals surface area (Å²) in [5.74, 6) is 1.65. The molecule has 0 atom stereocenters. The molecule has 1 aliphatic heterocycles. The molecule has 112 valence electrons. The monoisotopic (exact) mass is 368 g/mol. The third-order valence-corrected chi connectivity index (χ3v) is 4.62. The van der Waals surface area contributed by atoms with Crippen molar-refractivity contribution in [2.75, 3.05) is 19.8 Å². The van der Waals surface area contributed by atoms with Crippen molar-refractivity contribution < 1.29 is 9.47 Å². The fourth-order valence-electron chi connectivity index (χ4n) is 2.19. The molecule has 0 bridgehead atoms. The number of aromatic nitrogens is 1. The predicted octanol–water partition coefficient (Wildman–Crippen LogP) is 3.40. The minimum atomic E-state index is 0.705. The molecule has 0 amide bonds. The Morgan fingerprint density at radius 3 is 3.05 bits per heavy atom. The molecule has 21 heavy (non-hydrogen) atoms. The molecular weight excluding hydrogens is 352 g/mol. The lowest BCUT2D eigenvalue weighted by Gasteiger charge is -2.12. The van der Waals surface area contributed by atoms with Gasteiger partial charge in [0.05, 0.1) is 22.7 Å². The summed E-state index contributed by atoms with van der Waals surface area (Å²) in [6, 6.07) is 4.14. The van der Waals surface area contributed by atoms with Crippen molar-refractivity contribution in [3.05, 3.63) is 38.8 Å². The number of nitrogens with zero attached hydrogens (tertiary/aromatic N) is 1. The van der Waals surface area contributed by atoms with Crippen molar-refractivity contribution in [1.29, 1.82) is 0 Å². The third-order valence-electron chi connectivity index (χ3n) is 3.19. The standard InChI is InChI=1S/C15H17BrN2O2S/c16-12-8-11(9-13-15(12)20-6-1-5-19-13)10-17-3-2-14-18-4-7-21-14/h4,7-9,17H,1-3,5-6,10H2. The molecule has 1 aromatic carbocycles. The maximum Gasteiger partial charge on any atom is 0.175 e. The summed E-state index contributed by atoms with van der Waals surface area (Å²) in [6.07, 6.45) is 3.73. The smallest absolute Gasteiger partial charge is 0.175 e. The average molecular weight is 369 g/mol. The van der Waals surface area contributed by atoms with Gasteiger partial charge in [-0.05, 0) is 33.6 Å². The Bertz CT molecular complexity index is 590. The second-order valence-corrected chi connectivity index (χ2v) is 6.64. The first-order valence-corrected chi connectivity index (χ1v) is 8.67. The normalized spacial score (nSPS) is 14.0. The Morgan fingerprint density at radius 2 is 2.19 bits per heavy atom. The van der Waals surface area contributed by atoms with Crippen molar-refractivity contribution >= 4 is 27.3 Å². The van der Waals surface area contributed by atoms with E-state index in [0.29, 0.717) is 13.2 Å². The van der Waals surface area contributed by atoms with Crippen LogP contribution in [0.25, 0.3) is 0 Å². The molecule has 6 heteroatoms. The van der Waals surface area contributed by atoms with Crippen LogP contribution in [0.2, 0.25) is 0 Å². The van der Waals surface area contributed by atoms with Crippen LogP contribution in [0, 0.1) is 0 Å². The molecule has 0 aliphatic carbocycles. The molecule has 1 aliphatic rings. The van der Waals surface area contributed by atoms with E-state index in [2.05, 4.69) is 38.4 Å². The summed E-state index contributed by atoms with van der Waals surface area (Å²) in [5, 5.41) is 6.62. The highest BCUT2D eigenvalue weighted by atomic mass is 79.9. The lowest BCUT2D eigenvalue weighted by Crippen LogP contribution is -2.16. The van der Waals surface area contributed by atoms with E-state index in [-0.39, 0.29) is 0 Å². The highest BCUT2D eigenvalue weighted by molar-refractivity contribution is 9.10. The zero-order chi connectivity index (χ0) is 14.5. The van der Waals surface area contributed by atoms with Crippen LogP contribution in [-0.4, -0.2) is 24.7 Å². The molecule has 0 fully saturated rings. The van der Waals surface area contributed by atoms with Crippen molar-refractivity contribution in [1.82, 2.24) is 10.3 Å². The number of benzene rings is 1. The van der Waals surface area contributed by atoms with Crippen molar-refractivity contribution in [2.24, 2.45) is 0 Å². The maximum absolute atomic E-state index is 5.74. The Hall–Kier alpha value is -1.11. The highest BCUT2D eigenvalue weighted by Gasteiger charge is 2.15. The number of fused-ring (bicyclic) bond motifs is 1. The summed E-state index contributed by atoms with van der Waals surface area (Å²) in [4.78, 5) is 4.28. The molecule has 1 N–H and O–H groups in total. The fourth-order valence-corrected chi connectivity index (χ4v) is 3.42. The molecule has 0 saturated heterocycles. The minimum Gasteiger partial charge on any atom is -0.490 e. The van der Waals surface area contributed by atoms with Crippen LogP contribution in [0.1, 0.15) is 17.0 Å². The van der Waals surface area contributed by atoms with Crippen LogP contribution in [0.3, 0.4) is 0 Å². The van der Waals surface area contributed by atoms with Crippen LogP contribution in [-0.2, 0) is 13.0 Å². The third kappa shape index (κ3) is 3.96. The van der Waals surface area contributed by atoms with E-state index < -0.39 is 0 Å². The van der Waals surface area contributed by atoms with Gasteiger partial charge in [0.1, 0.15) is 0 Å². The summed E-state index contributed by atoms with van der Waals surface area (Å²) < 4.78 is 12.4. The first-order chi connectivity index (χ1) is 10.3. The zero-order valence-electron chi connectivity index (χ0n) is 11.6. The molecule has 1 aromatic heterocycles. The van der Waals surface area contributed by atoms with E-state index in [1.54, 1.807) is 11.3 Å². The number of rotatable bonds is 5. The molecule has 2 heterocycles. The van der Waals surface area contributed by atoms with Gasteiger partial charge in [0.25, 0.3) is 0 Å². The average Bonchev–Trinajstić information content (AvgIpc) is 2.87. The molecular formula is C15H17BrN2O2S. The van der Waals surface area contributed by atoms with Gasteiger partial charge in [0, 0.05) is 37.5 Å². The van der Waals surface area contributed by atoms with E-state index in [9.17, 15) is 0 Å². The molecule has 0 spiro atoms. The first kappa shape index (κ1) is 14.8. The van der Waals surface area contributed by atoms with E-state index in [1.807, 2.05) is 11.6 Å². The largest absolute Gasteiger partial charge is 0.490 e. The molecule has 0 unspecified atom stereocenters. The SMILES string of the molecule is Brc1cc(CNCCc2nccs2)cc2c1OCCCO2. The Morgan fingerprint density at radius 1 is 1.29 bits per heavy atom. The number of hydrogen-bond acceptors (Lipinski definition) is 5. The lowest BCUT2D eigenvalue weighted by atomic mass is 10.2. The van der Waals surface area contributed by atoms with Crippen LogP contribution in [0.5, 0.6) is 11.5 Å². The number of nitrogens with one attached hydrogen (secondary N) is 1. The zero-order valence-corrected chi connectivity index (χ0v) is 14.0. The van der Waals surface area contributed by atoms with E-state index >= 15 is 0 Å². The number of ether oxygens (including phenoxy) is 2. The number of halogens is 1. The van der Waals surface area contributed by atoms with Gasteiger partial charge in [0.15, 0.2) is 11.5 Å². The molecule has 0 saturated carbocycles. The second kappa shape index (κ2) is 7.24. The summed E-state index contributed by atoms with van der Waals surface area (Å²) in [6.45, 7) is 3.14. The van der Waals surface area contributed by atoms with Crippen molar-refractivity contribution in [3.63, 3.8) is 0 Å². The Kier molecular flexibility index (Phi) is 5.11. The van der Waals surface area contributed by atoms with Crippen LogP contribution >= 0.6 is 27.3 Å². The summed E-state index contributed by atoms with van der Waals surface area (Å²) >= 11 is 5.26. The van der Waals surface area contributed by atoms with Crippen LogP contribution in [0.4, 0.5) is 0 Å². The van der Waals surface area contributed by atoms with Gasteiger partial charge in [-0.15, -0.1) is 11.3 Å². The molecule has 3 rings (SSSR count). The quantitative estimate of drug-likeness (QED) is 0.821. The minimum absolute atomic E-state index is 0.705. The Labute approximate surface area is 136 Å². The molecule has 2 aromatic rings. The van der Waals surface area contributed by atoms with Gasteiger partial charge in [-0.1, -0.05) is 0 Å². The van der Waals surface area contributed by atoms with Crippen molar-refractivity contribution in [2.45, 2.75) is 19.4 Å². The van der Waals surface area contributed by atoms with Gasteiger partial charge in [-0.2, -0.15) is 0 Å². The van der Waals surface area contributed by atoms with Gasteiger partial charge in [-0.25, -0.2) is 4.98 Å². The fraction of sp³-hybridized carbons (Fsp3) is 0.400. The lowest BCUT2D eigenvalue weighted by molar-refractivity contribution is 0.296. The maximum atomic E-state index is 5.74. The number of thiazole rings is 1. The highest BCUT2D eigenvalue weighted by Crippen LogP contribution is 2.38. The van der Waals surface area contributed by atoms with Crippen molar-refractivity contribution in [3.8, 4) is 11.5 Å². The first-order valence-electron chi connectivity index (χ1n) is 7.00. The van der Waals surface area contributed by atoms with Crippen LogP contribution < -0.4 is 14.8 Å². The molecule has 0 radical (unpaired) electrons.